The summed E-state index contributed by atoms with van der Waals surface area (Å²) in [5, 5.41) is 0. The van der Waals surface area contributed by atoms with E-state index in [2.05, 4.69) is 34.4 Å². The number of hydrogen-bond donors (Lipinski definition) is 0. The highest BCUT2D eigenvalue weighted by Gasteiger charge is 2.25. The highest BCUT2D eigenvalue weighted by atomic mass is 79.9. The normalized spacial score (nSPS) is 37.2. The summed E-state index contributed by atoms with van der Waals surface area (Å²) in [6.45, 7) is 4.53. The molecule has 1 saturated heterocycles. The van der Waals surface area contributed by atoms with Crippen LogP contribution >= 0.6 is 15.8 Å². The van der Waals surface area contributed by atoms with Crippen molar-refractivity contribution in [2.24, 2.45) is 0 Å². The van der Waals surface area contributed by atoms with E-state index in [1.54, 1.807) is 0 Å². The number of rotatable bonds is 1. The van der Waals surface area contributed by atoms with Gasteiger partial charge in [-0.3, -0.25) is 0 Å². The first kappa shape index (κ1) is 7.61. The third-order valence-electron chi connectivity index (χ3n) is 2.13. The molecule has 1 aliphatic rings. The molecule has 1 rings (SSSR count). The Labute approximate surface area is 66.0 Å². The second-order valence-electron chi connectivity index (χ2n) is 2.82. The second kappa shape index (κ2) is 3.06. The van der Waals surface area contributed by atoms with Crippen LogP contribution in [0.3, 0.4) is 0 Å². The summed E-state index contributed by atoms with van der Waals surface area (Å²) in [7, 11) is 0. The lowest BCUT2D eigenvalue weighted by Crippen LogP contribution is -2.33. The molecule has 0 aliphatic carbocycles. The third-order valence-corrected chi connectivity index (χ3v) is 2.61. The molecule has 0 amide bonds. The van der Waals surface area contributed by atoms with Crippen molar-refractivity contribution in [1.82, 2.24) is 4.81 Å². The zero-order chi connectivity index (χ0) is 6.85. The Hall–Kier alpha value is 0.505. The van der Waals surface area contributed by atoms with Gasteiger partial charge in [0.1, 0.15) is 0 Å². The van der Waals surface area contributed by atoms with Gasteiger partial charge in [0.15, 0.2) is 0 Å². The monoisotopic (exact) mass is 188 g/mol. The summed E-state index contributed by atoms with van der Waals surface area (Å²) in [5.74, 6) is 0. The molecule has 0 aromatic heterocycles. The van der Waals surface area contributed by atoms with Crippen molar-refractivity contribution in [3.8, 4) is 0 Å². The van der Waals surface area contributed by atoms with E-state index in [0.717, 1.165) is 12.1 Å². The molecule has 0 aromatic carbocycles. The Bertz CT molecular complexity index is 89.1. The summed E-state index contributed by atoms with van der Waals surface area (Å²) >= 11 is 3.36. The van der Waals surface area contributed by atoms with E-state index in [1.165, 1.54) is 12.8 Å². The lowest BCUT2D eigenvalue weighted by atomic mass is 10.2. The molecule has 9 heavy (non-hydrogen) atoms. The Morgan fingerprint density at radius 2 is 1.78 bits per heavy atom. The highest BCUT2D eigenvalue weighted by Crippen LogP contribution is 2.22. The van der Waals surface area contributed by atoms with Crippen molar-refractivity contribution in [2.75, 3.05) is 0 Å². The lowest BCUT2D eigenvalue weighted by Gasteiger charge is -2.21. The van der Waals surface area contributed by atoms with Gasteiger partial charge in [-0.15, -0.1) is 15.8 Å². The van der Waals surface area contributed by atoms with E-state index < -0.39 is 0 Å². The predicted molar refractivity (Wildman–Crippen MR) is 44.7 cm³/mol. The molecule has 51 valence electrons. The molecule has 1 nitrogen and oxygen atoms in total. The Balaban J connectivity index is 2.44. The topological polar surface area (TPSA) is 3.24 Å². The average molecular weight is 189 g/mol. The fraction of sp³-hybridized carbons (Fsp3) is 1.00. The third kappa shape index (κ3) is 1.50. The molecule has 2 atom stereocenters. The van der Waals surface area contributed by atoms with Crippen LogP contribution in [-0.2, 0) is 0 Å². The first-order valence-electron chi connectivity index (χ1n) is 3.46. The maximum atomic E-state index is 3.36. The van der Waals surface area contributed by atoms with E-state index >= 15 is 0 Å². The molecule has 2 unspecified atom stereocenters. The molecule has 0 saturated carbocycles. The van der Waals surface area contributed by atoms with Crippen LogP contribution in [-0.4, -0.2) is 23.1 Å². The van der Waals surface area contributed by atoms with Gasteiger partial charge < -0.3 is 4.81 Å². The molecule has 0 spiro atoms. The molecular formula is C6H12BBrN. The predicted octanol–water partition coefficient (Wildman–Crippen LogP) is 1.79. The van der Waals surface area contributed by atoms with Gasteiger partial charge in [0.2, 0.25) is 0 Å². The second-order valence-corrected chi connectivity index (χ2v) is 3.23. The highest BCUT2D eigenvalue weighted by molar-refractivity contribution is 9.23. The number of hydrogen-bond acceptors (Lipinski definition) is 1. The summed E-state index contributed by atoms with van der Waals surface area (Å²) in [6.07, 6.45) is 4.70. The molecule has 0 N–H and O–H groups in total. The van der Waals surface area contributed by atoms with Gasteiger partial charge in [0.25, 0.3) is 0 Å². The Kier molecular flexibility index (Phi) is 2.59. The van der Waals surface area contributed by atoms with Crippen molar-refractivity contribution in [3.63, 3.8) is 0 Å². The molecule has 1 radical (unpaired) electrons. The van der Waals surface area contributed by atoms with Crippen molar-refractivity contribution in [3.05, 3.63) is 0 Å². The van der Waals surface area contributed by atoms with Gasteiger partial charge in [-0.05, 0) is 24.9 Å². The van der Waals surface area contributed by atoms with E-state index in [4.69, 9.17) is 0 Å². The minimum atomic E-state index is 0.736. The van der Waals surface area contributed by atoms with Crippen LogP contribution in [0.1, 0.15) is 26.7 Å². The van der Waals surface area contributed by atoms with Crippen LogP contribution in [0.2, 0.25) is 0 Å². The summed E-state index contributed by atoms with van der Waals surface area (Å²) in [5.41, 5.74) is 0. The molecule has 1 aliphatic heterocycles. The fourth-order valence-corrected chi connectivity index (χ4v) is 2.21. The first-order valence-corrected chi connectivity index (χ1v) is 4.38. The Morgan fingerprint density at radius 3 is 2.00 bits per heavy atom. The van der Waals surface area contributed by atoms with Gasteiger partial charge in [-0.1, -0.05) is 13.8 Å². The number of halogens is 1. The zero-order valence-electron chi connectivity index (χ0n) is 5.97. The molecule has 0 bridgehead atoms. The van der Waals surface area contributed by atoms with Gasteiger partial charge in [0.05, 0.1) is 0 Å². The van der Waals surface area contributed by atoms with Gasteiger partial charge in [-0.2, -0.15) is 0 Å². The van der Waals surface area contributed by atoms with Crippen LogP contribution < -0.4 is 0 Å². The van der Waals surface area contributed by atoms with E-state index in [9.17, 15) is 0 Å². The quantitative estimate of drug-likeness (QED) is 0.568. The Morgan fingerprint density at radius 1 is 1.33 bits per heavy atom. The average Bonchev–Trinajstić information content (AvgIpc) is 2.12. The molecule has 3 heteroatoms. The minimum Gasteiger partial charge on any atom is -0.331 e. The molecular weight excluding hydrogens is 177 g/mol. The standard InChI is InChI=1S/C6H12BBrN/c1-5-3-4-6(2)9(5)7-8/h5-6H,3-4H2,1-2H3. The first-order chi connectivity index (χ1) is 4.25. The van der Waals surface area contributed by atoms with Gasteiger partial charge in [0, 0.05) is 0 Å². The lowest BCUT2D eigenvalue weighted by molar-refractivity contribution is 0.375. The smallest absolute Gasteiger partial charge is 0.302 e. The van der Waals surface area contributed by atoms with E-state index in [-0.39, 0.29) is 0 Å². The minimum absolute atomic E-state index is 0.736. The van der Waals surface area contributed by atoms with Gasteiger partial charge >= 0.3 is 6.24 Å². The van der Waals surface area contributed by atoms with Crippen LogP contribution in [0.5, 0.6) is 0 Å². The summed E-state index contributed by atoms with van der Waals surface area (Å²) < 4.78 is 0. The summed E-state index contributed by atoms with van der Waals surface area (Å²) in [6, 6.07) is 1.47. The van der Waals surface area contributed by atoms with Crippen LogP contribution in [0, 0.1) is 0 Å². The largest absolute Gasteiger partial charge is 0.331 e. The van der Waals surface area contributed by atoms with Crippen molar-refractivity contribution >= 4 is 22.0 Å². The SMILES string of the molecule is CC1CCC(C)N1[B]Br. The van der Waals surface area contributed by atoms with Crippen molar-refractivity contribution in [1.29, 1.82) is 0 Å². The van der Waals surface area contributed by atoms with Crippen molar-refractivity contribution in [2.45, 2.75) is 38.8 Å². The van der Waals surface area contributed by atoms with Crippen LogP contribution in [0.4, 0.5) is 0 Å². The van der Waals surface area contributed by atoms with Crippen molar-refractivity contribution < 1.29 is 0 Å². The van der Waals surface area contributed by atoms with E-state index in [1.807, 2.05) is 6.24 Å². The van der Waals surface area contributed by atoms with E-state index in [0.29, 0.717) is 0 Å². The van der Waals surface area contributed by atoms with Crippen LogP contribution in [0.25, 0.3) is 0 Å². The summed E-state index contributed by atoms with van der Waals surface area (Å²) in [4.78, 5) is 2.36. The zero-order valence-corrected chi connectivity index (χ0v) is 7.56. The van der Waals surface area contributed by atoms with Crippen LogP contribution in [0.15, 0.2) is 0 Å². The maximum absolute atomic E-state index is 3.36. The fourth-order valence-electron chi connectivity index (χ4n) is 1.41. The molecule has 0 aromatic rings. The maximum Gasteiger partial charge on any atom is 0.302 e. The number of nitrogens with zero attached hydrogens (tertiary/aromatic N) is 1. The molecule has 1 heterocycles. The molecule has 1 fully saturated rings. The van der Waals surface area contributed by atoms with Gasteiger partial charge in [-0.25, -0.2) is 0 Å².